The summed E-state index contributed by atoms with van der Waals surface area (Å²) in [4.78, 5) is 24.1. The second kappa shape index (κ2) is 9.53. The summed E-state index contributed by atoms with van der Waals surface area (Å²) in [5, 5.41) is 17.7. The van der Waals surface area contributed by atoms with E-state index in [1.807, 2.05) is 18.2 Å². The minimum absolute atomic E-state index is 0.0285. The van der Waals surface area contributed by atoms with Gasteiger partial charge in [-0.3, -0.25) is 10.1 Å². The number of hydrazone groups is 1. The van der Waals surface area contributed by atoms with Crippen LogP contribution in [-0.4, -0.2) is 35.1 Å². The molecule has 0 unspecified atom stereocenters. The van der Waals surface area contributed by atoms with Crippen LogP contribution in [0.15, 0.2) is 52.0 Å². The molecule has 0 saturated carbocycles. The van der Waals surface area contributed by atoms with Crippen LogP contribution in [0.5, 0.6) is 11.5 Å². The zero-order valence-corrected chi connectivity index (χ0v) is 18.2. The van der Waals surface area contributed by atoms with Crippen LogP contribution in [0.3, 0.4) is 0 Å². The number of para-hydroxylation sites is 1. The molecule has 12 heteroatoms. The number of amides is 3. The van der Waals surface area contributed by atoms with Gasteiger partial charge in [-0.2, -0.15) is 5.10 Å². The number of urea groups is 1. The minimum atomic E-state index is -0.447. The van der Waals surface area contributed by atoms with Gasteiger partial charge in [0, 0.05) is 15.7 Å². The first-order valence-corrected chi connectivity index (χ1v) is 10.5. The van der Waals surface area contributed by atoms with Crippen molar-refractivity contribution < 1.29 is 19.1 Å². The highest BCUT2D eigenvalue weighted by Gasteiger charge is 2.16. The van der Waals surface area contributed by atoms with Crippen molar-refractivity contribution in [2.45, 2.75) is 6.42 Å². The van der Waals surface area contributed by atoms with Gasteiger partial charge in [0.15, 0.2) is 11.5 Å². The summed E-state index contributed by atoms with van der Waals surface area (Å²) >= 11 is 4.52. The van der Waals surface area contributed by atoms with Crippen molar-refractivity contribution in [3.8, 4) is 11.5 Å². The van der Waals surface area contributed by atoms with Crippen LogP contribution in [0.4, 0.5) is 15.6 Å². The van der Waals surface area contributed by atoms with Crippen LogP contribution >= 0.6 is 27.3 Å². The summed E-state index contributed by atoms with van der Waals surface area (Å²) in [6, 6.07) is 12.1. The van der Waals surface area contributed by atoms with Crippen LogP contribution < -0.4 is 25.5 Å². The van der Waals surface area contributed by atoms with Crippen LogP contribution in [0.25, 0.3) is 0 Å². The van der Waals surface area contributed by atoms with E-state index in [9.17, 15) is 9.59 Å². The Labute approximate surface area is 188 Å². The first kappa shape index (κ1) is 20.8. The van der Waals surface area contributed by atoms with Crippen molar-refractivity contribution in [3.63, 3.8) is 0 Å². The second-order valence-electron chi connectivity index (χ2n) is 6.14. The van der Waals surface area contributed by atoms with Gasteiger partial charge >= 0.3 is 6.03 Å². The van der Waals surface area contributed by atoms with E-state index in [2.05, 4.69) is 47.3 Å². The first-order valence-electron chi connectivity index (χ1n) is 8.93. The van der Waals surface area contributed by atoms with Gasteiger partial charge < -0.3 is 14.8 Å². The second-order valence-corrected chi connectivity index (χ2v) is 8.06. The first-order chi connectivity index (χ1) is 15.1. The topological polar surface area (TPSA) is 127 Å². The van der Waals surface area contributed by atoms with E-state index in [1.54, 1.807) is 24.3 Å². The molecular formula is C19H15BrN6O4S. The lowest BCUT2D eigenvalue weighted by atomic mass is 10.2. The number of anilines is 2. The molecule has 0 atom stereocenters. The number of hydrogen-bond acceptors (Lipinski definition) is 8. The predicted molar refractivity (Wildman–Crippen MR) is 119 cm³/mol. The molecule has 2 heterocycles. The summed E-state index contributed by atoms with van der Waals surface area (Å²) in [6.07, 6.45) is 1.46. The largest absolute Gasteiger partial charge is 0.454 e. The molecule has 158 valence electrons. The van der Waals surface area contributed by atoms with Gasteiger partial charge in [-0.05, 0) is 40.2 Å². The molecule has 1 aliphatic heterocycles. The lowest BCUT2D eigenvalue weighted by Crippen LogP contribution is -2.19. The summed E-state index contributed by atoms with van der Waals surface area (Å²) in [5.74, 6) is 0.886. The Morgan fingerprint density at radius 3 is 2.71 bits per heavy atom. The molecule has 0 radical (unpaired) electrons. The van der Waals surface area contributed by atoms with Gasteiger partial charge in [-0.1, -0.05) is 29.5 Å². The van der Waals surface area contributed by atoms with Gasteiger partial charge in [-0.15, -0.1) is 10.2 Å². The lowest BCUT2D eigenvalue weighted by Gasteiger charge is -2.03. The van der Waals surface area contributed by atoms with Crippen molar-refractivity contribution in [2.24, 2.45) is 5.10 Å². The Morgan fingerprint density at radius 1 is 1.13 bits per heavy atom. The number of benzene rings is 2. The SMILES string of the molecule is O=C(Cc1nnc(NC(=O)Nc2ccccc2)s1)NN=Cc1cc2c(cc1Br)OCO2. The van der Waals surface area contributed by atoms with Crippen LogP contribution in [0.1, 0.15) is 10.6 Å². The van der Waals surface area contributed by atoms with Crippen LogP contribution in [0.2, 0.25) is 0 Å². The minimum Gasteiger partial charge on any atom is -0.454 e. The maximum absolute atomic E-state index is 12.1. The van der Waals surface area contributed by atoms with E-state index in [1.165, 1.54) is 6.21 Å². The predicted octanol–water partition coefficient (Wildman–Crippen LogP) is 3.37. The molecule has 31 heavy (non-hydrogen) atoms. The molecule has 10 nitrogen and oxygen atoms in total. The number of hydrogen-bond donors (Lipinski definition) is 3. The number of nitrogens with zero attached hydrogens (tertiary/aromatic N) is 3. The highest BCUT2D eigenvalue weighted by molar-refractivity contribution is 9.10. The normalized spacial score (nSPS) is 12.0. The number of nitrogens with one attached hydrogen (secondary N) is 3. The molecule has 1 aliphatic rings. The molecule has 0 aliphatic carbocycles. The van der Waals surface area contributed by atoms with E-state index < -0.39 is 6.03 Å². The van der Waals surface area contributed by atoms with Gasteiger partial charge in [0.05, 0.1) is 12.6 Å². The van der Waals surface area contributed by atoms with E-state index >= 15 is 0 Å². The number of rotatable bonds is 6. The summed E-state index contributed by atoms with van der Waals surface area (Å²) in [6.45, 7) is 0.172. The highest BCUT2D eigenvalue weighted by Crippen LogP contribution is 2.36. The van der Waals surface area contributed by atoms with Gasteiger partial charge in [0.2, 0.25) is 17.8 Å². The van der Waals surface area contributed by atoms with E-state index in [0.717, 1.165) is 21.4 Å². The van der Waals surface area contributed by atoms with Gasteiger partial charge in [0.25, 0.3) is 0 Å². The standard InChI is InChI=1S/C19H15BrN6O4S/c20-13-7-15-14(29-10-30-15)6-11(13)9-21-24-16(27)8-17-25-26-19(31-17)23-18(28)22-12-4-2-1-3-5-12/h1-7,9H,8,10H2,(H,24,27)(H2,22,23,26,28). The third-order valence-electron chi connectivity index (χ3n) is 3.92. The molecular weight excluding hydrogens is 488 g/mol. The average molecular weight is 503 g/mol. The Balaban J connectivity index is 1.27. The van der Waals surface area contributed by atoms with Crippen molar-refractivity contribution in [1.29, 1.82) is 0 Å². The Morgan fingerprint density at radius 2 is 1.90 bits per heavy atom. The quantitative estimate of drug-likeness (QED) is 0.350. The van der Waals surface area contributed by atoms with E-state index in [0.29, 0.717) is 22.2 Å². The molecule has 0 saturated heterocycles. The molecule has 0 spiro atoms. The number of carbonyl (C=O) groups is 2. The smallest absolute Gasteiger partial charge is 0.325 e. The van der Waals surface area contributed by atoms with Crippen LogP contribution in [0, 0.1) is 0 Å². The average Bonchev–Trinajstić information content (AvgIpc) is 3.37. The van der Waals surface area contributed by atoms with Crippen molar-refractivity contribution in [3.05, 3.63) is 57.5 Å². The molecule has 3 amide bonds. The summed E-state index contributed by atoms with van der Waals surface area (Å²) in [5.41, 5.74) is 3.80. The molecule has 4 rings (SSSR count). The molecule has 0 fully saturated rings. The van der Waals surface area contributed by atoms with E-state index in [4.69, 9.17) is 9.47 Å². The van der Waals surface area contributed by atoms with Gasteiger partial charge in [0.1, 0.15) is 5.01 Å². The van der Waals surface area contributed by atoms with Gasteiger partial charge in [-0.25, -0.2) is 10.2 Å². The zero-order valence-electron chi connectivity index (χ0n) is 15.8. The fourth-order valence-corrected chi connectivity index (χ4v) is 3.70. The maximum atomic E-state index is 12.1. The molecule has 3 N–H and O–H groups in total. The molecule has 2 aromatic carbocycles. The summed E-state index contributed by atoms with van der Waals surface area (Å²) in [7, 11) is 0. The van der Waals surface area contributed by atoms with Crippen molar-refractivity contribution in [1.82, 2.24) is 15.6 Å². The van der Waals surface area contributed by atoms with Crippen molar-refractivity contribution >= 4 is 56.2 Å². The monoisotopic (exact) mass is 502 g/mol. The molecule has 0 bridgehead atoms. The maximum Gasteiger partial charge on any atom is 0.325 e. The van der Waals surface area contributed by atoms with E-state index in [-0.39, 0.29) is 24.3 Å². The Bertz CT molecular complexity index is 1140. The van der Waals surface area contributed by atoms with Crippen molar-refractivity contribution in [2.75, 3.05) is 17.4 Å². The fraction of sp³-hybridized carbons (Fsp3) is 0.105. The third-order valence-corrected chi connectivity index (χ3v) is 5.44. The molecule has 3 aromatic rings. The third kappa shape index (κ3) is 5.55. The Hall–Kier alpha value is -3.51. The summed E-state index contributed by atoms with van der Waals surface area (Å²) < 4.78 is 11.4. The fourth-order valence-electron chi connectivity index (χ4n) is 2.54. The molecule has 1 aromatic heterocycles. The number of aromatic nitrogens is 2. The number of ether oxygens (including phenoxy) is 2. The van der Waals surface area contributed by atoms with Crippen LogP contribution in [-0.2, 0) is 11.2 Å². The number of halogens is 1. The number of carbonyl (C=O) groups excluding carboxylic acids is 2. The zero-order chi connectivity index (χ0) is 21.6. The number of fused-ring (bicyclic) bond motifs is 1. The Kier molecular flexibility index (Phi) is 6.38. The lowest BCUT2D eigenvalue weighted by molar-refractivity contribution is -0.120. The highest BCUT2D eigenvalue weighted by atomic mass is 79.9.